The molecule has 0 aliphatic rings. The quantitative estimate of drug-likeness (QED) is 0.341. The van der Waals surface area contributed by atoms with Gasteiger partial charge in [0.2, 0.25) is 0 Å². The van der Waals surface area contributed by atoms with Gasteiger partial charge >= 0.3 is 0 Å². The van der Waals surface area contributed by atoms with Crippen LogP contribution in [0.15, 0.2) is 36.4 Å². The van der Waals surface area contributed by atoms with Gasteiger partial charge in [0.15, 0.2) is 0 Å². The SMILES string of the molecule is [N-]=[N+](S)S.c1ccccc1. The highest BCUT2D eigenvalue weighted by Gasteiger charge is 1.57. The molecule has 0 spiro atoms. The number of hydrogen-bond donors (Lipinski definition) is 2. The van der Waals surface area contributed by atoms with Crippen LogP contribution in [0.4, 0.5) is 0 Å². The summed E-state index contributed by atoms with van der Waals surface area (Å²) in [6.07, 6.45) is 0. The maximum absolute atomic E-state index is 7.62. The molecule has 0 radical (unpaired) electrons. The summed E-state index contributed by atoms with van der Waals surface area (Å²) in [7, 11) is 0. The van der Waals surface area contributed by atoms with E-state index >= 15 is 0 Å². The van der Waals surface area contributed by atoms with Gasteiger partial charge in [-0.3, -0.25) is 0 Å². The summed E-state index contributed by atoms with van der Waals surface area (Å²) < 4.78 is 0.389. The zero-order valence-electron chi connectivity index (χ0n) is 5.25. The molecular weight excluding hydrogens is 164 g/mol. The van der Waals surface area contributed by atoms with Crippen molar-refractivity contribution in [3.8, 4) is 0 Å². The summed E-state index contributed by atoms with van der Waals surface area (Å²) in [6, 6.07) is 12.0. The first-order chi connectivity index (χ1) is 4.73. The van der Waals surface area contributed by atoms with Crippen molar-refractivity contribution in [2.45, 2.75) is 0 Å². The molecule has 0 N–H and O–H groups in total. The zero-order chi connectivity index (χ0) is 7.82. The minimum atomic E-state index is 0.389. The highest BCUT2D eigenvalue weighted by atomic mass is 32.2. The second-order valence-electron chi connectivity index (χ2n) is 1.42. The molecule has 0 atom stereocenters. The van der Waals surface area contributed by atoms with Gasteiger partial charge in [-0.15, -0.1) is 0 Å². The Hall–Kier alpha value is -0.480. The lowest BCUT2D eigenvalue weighted by molar-refractivity contribution is -0.141. The number of rotatable bonds is 0. The number of nitrogens with zero attached hydrogens (tertiary/aromatic N) is 2. The number of hydrogen-bond acceptors (Lipinski definition) is 0. The molecule has 0 amide bonds. The maximum Gasteiger partial charge on any atom is 0.145 e. The molecule has 0 aromatic heterocycles. The smallest absolute Gasteiger partial charge is 0.145 e. The zero-order valence-corrected chi connectivity index (χ0v) is 7.04. The predicted octanol–water partition coefficient (Wildman–Crippen LogP) is 2.40. The van der Waals surface area contributed by atoms with E-state index in [9.17, 15) is 0 Å². The molecular formula is C6H8N2S2. The van der Waals surface area contributed by atoms with Gasteiger partial charge in [-0.2, -0.15) is 3.51 Å². The Balaban J connectivity index is 0.000000180. The number of benzene rings is 1. The van der Waals surface area contributed by atoms with Crippen molar-refractivity contribution >= 4 is 25.6 Å². The standard InChI is InChI=1S/C6H6.H2N2S2/c1-2-4-6-5-3-1;1-2(3)4/h1-6H;3-4H. The molecule has 0 heterocycles. The second kappa shape index (κ2) is 6.64. The van der Waals surface area contributed by atoms with E-state index in [2.05, 4.69) is 25.6 Å². The van der Waals surface area contributed by atoms with Gasteiger partial charge in [0, 0.05) is 0 Å². The molecule has 0 fully saturated rings. The van der Waals surface area contributed by atoms with Crippen molar-refractivity contribution in [1.29, 1.82) is 0 Å². The van der Waals surface area contributed by atoms with Crippen LogP contribution in [0.2, 0.25) is 0 Å². The van der Waals surface area contributed by atoms with Crippen LogP contribution < -0.4 is 0 Å². The summed E-state index contributed by atoms with van der Waals surface area (Å²) in [5, 5.41) is 0. The normalized spacial score (nSPS) is 7.40. The van der Waals surface area contributed by atoms with E-state index in [1.807, 2.05) is 36.4 Å². The lowest BCUT2D eigenvalue weighted by atomic mass is 10.4. The fraction of sp³-hybridized carbons (Fsp3) is 0. The molecule has 0 saturated heterocycles. The molecule has 10 heavy (non-hydrogen) atoms. The third-order valence-electron chi connectivity index (χ3n) is 0.667. The van der Waals surface area contributed by atoms with Crippen molar-refractivity contribution in [2.75, 3.05) is 0 Å². The summed E-state index contributed by atoms with van der Waals surface area (Å²) in [5.41, 5.74) is 7.62. The van der Waals surface area contributed by atoms with Crippen LogP contribution >= 0.6 is 25.6 Å². The van der Waals surface area contributed by atoms with Gasteiger partial charge in [0.25, 0.3) is 0 Å². The summed E-state index contributed by atoms with van der Waals surface area (Å²) in [5.74, 6) is 0. The second-order valence-corrected chi connectivity index (χ2v) is 2.50. The van der Waals surface area contributed by atoms with Crippen LogP contribution in [0, 0.1) is 0 Å². The Morgan fingerprint density at radius 1 is 0.800 bits per heavy atom. The average Bonchev–Trinajstić information content (AvgIpc) is 1.90. The first kappa shape index (κ1) is 9.52. The van der Waals surface area contributed by atoms with E-state index < -0.39 is 0 Å². The Labute approximate surface area is 71.5 Å². The van der Waals surface area contributed by atoms with Crippen LogP contribution in [-0.4, -0.2) is 3.51 Å². The van der Waals surface area contributed by atoms with Gasteiger partial charge < -0.3 is 5.53 Å². The fourth-order valence-corrected chi connectivity index (χ4v) is 0.385. The highest BCUT2D eigenvalue weighted by Crippen LogP contribution is 1.80. The van der Waals surface area contributed by atoms with Gasteiger partial charge in [0.05, 0.1) is 0 Å². The third-order valence-corrected chi connectivity index (χ3v) is 0.667. The van der Waals surface area contributed by atoms with Crippen molar-refractivity contribution < 1.29 is 3.51 Å². The van der Waals surface area contributed by atoms with Crippen molar-refractivity contribution in [3.63, 3.8) is 0 Å². The lowest BCUT2D eigenvalue weighted by Gasteiger charge is -1.69. The molecule has 0 unspecified atom stereocenters. The predicted molar refractivity (Wildman–Crippen MR) is 48.0 cm³/mol. The molecule has 0 saturated carbocycles. The van der Waals surface area contributed by atoms with Gasteiger partial charge in [-0.1, -0.05) is 36.4 Å². The topological polar surface area (TPSA) is 25.3 Å². The molecule has 54 valence electrons. The minimum absolute atomic E-state index is 0.389. The summed E-state index contributed by atoms with van der Waals surface area (Å²) in [6.45, 7) is 0. The summed E-state index contributed by atoms with van der Waals surface area (Å²) >= 11 is 6.44. The molecule has 0 bridgehead atoms. The van der Waals surface area contributed by atoms with E-state index in [0.717, 1.165) is 0 Å². The van der Waals surface area contributed by atoms with Gasteiger partial charge in [-0.05, 0) is 0 Å². The Kier molecular flexibility index (Phi) is 6.32. The van der Waals surface area contributed by atoms with Crippen LogP contribution in [0.25, 0.3) is 5.53 Å². The molecule has 0 aliphatic carbocycles. The van der Waals surface area contributed by atoms with E-state index in [0.29, 0.717) is 3.51 Å². The average molecular weight is 172 g/mol. The maximum atomic E-state index is 7.62. The Morgan fingerprint density at radius 3 is 1.00 bits per heavy atom. The van der Waals surface area contributed by atoms with E-state index in [4.69, 9.17) is 5.53 Å². The van der Waals surface area contributed by atoms with E-state index in [-0.39, 0.29) is 0 Å². The molecule has 0 aliphatic heterocycles. The molecule has 1 aromatic rings. The van der Waals surface area contributed by atoms with Crippen molar-refractivity contribution in [3.05, 3.63) is 41.9 Å². The largest absolute Gasteiger partial charge is 0.476 e. The minimum Gasteiger partial charge on any atom is -0.476 e. The van der Waals surface area contributed by atoms with Crippen molar-refractivity contribution in [2.24, 2.45) is 0 Å². The van der Waals surface area contributed by atoms with Crippen LogP contribution in [0.5, 0.6) is 0 Å². The highest BCUT2D eigenvalue weighted by molar-refractivity contribution is 7.86. The van der Waals surface area contributed by atoms with E-state index in [1.165, 1.54) is 0 Å². The molecule has 4 heteroatoms. The Bertz CT molecular complexity index is 146. The fourth-order valence-electron chi connectivity index (χ4n) is 0.385. The monoisotopic (exact) mass is 172 g/mol. The molecule has 1 rings (SSSR count). The van der Waals surface area contributed by atoms with Crippen LogP contribution in [0.1, 0.15) is 0 Å². The van der Waals surface area contributed by atoms with Crippen molar-refractivity contribution in [1.82, 2.24) is 0 Å². The van der Waals surface area contributed by atoms with Gasteiger partial charge in [0.1, 0.15) is 25.6 Å². The summed E-state index contributed by atoms with van der Waals surface area (Å²) in [4.78, 5) is 0. The molecule has 1 aromatic carbocycles. The van der Waals surface area contributed by atoms with Crippen LogP contribution in [0.3, 0.4) is 0 Å². The third kappa shape index (κ3) is 10.5. The number of thiol groups is 2. The Morgan fingerprint density at radius 2 is 0.900 bits per heavy atom. The molecule has 2 nitrogen and oxygen atoms in total. The van der Waals surface area contributed by atoms with Crippen LogP contribution in [-0.2, 0) is 0 Å². The first-order valence-corrected chi connectivity index (χ1v) is 3.40. The lowest BCUT2D eigenvalue weighted by Crippen LogP contribution is -1.53. The first-order valence-electron chi connectivity index (χ1n) is 2.60. The van der Waals surface area contributed by atoms with Gasteiger partial charge in [-0.25, -0.2) is 0 Å². The van der Waals surface area contributed by atoms with E-state index in [1.54, 1.807) is 0 Å².